The van der Waals surface area contributed by atoms with Crippen molar-refractivity contribution in [1.29, 1.82) is 0 Å². The maximum absolute atomic E-state index is 10.2. The minimum atomic E-state index is -0.133. The maximum atomic E-state index is 10.2. The van der Waals surface area contributed by atoms with Crippen LogP contribution in [-0.4, -0.2) is 11.2 Å². The molecule has 0 heterocycles. The zero-order valence-corrected chi connectivity index (χ0v) is 18.9. The second-order valence-corrected chi connectivity index (χ2v) is 11.5. The summed E-state index contributed by atoms with van der Waals surface area (Å²) in [7, 11) is 0. The highest BCUT2D eigenvalue weighted by atomic mass is 16.3. The number of aliphatic hydroxyl groups excluding tert-OH is 1. The summed E-state index contributed by atoms with van der Waals surface area (Å²) >= 11 is 0. The molecule has 0 bridgehead atoms. The lowest BCUT2D eigenvalue weighted by molar-refractivity contribution is -0.0366. The van der Waals surface area contributed by atoms with Crippen molar-refractivity contribution >= 4 is 0 Å². The fraction of sp³-hybridized carbons (Fsp3) is 0.815. The van der Waals surface area contributed by atoms with E-state index in [4.69, 9.17) is 0 Å². The monoisotopic (exact) mass is 382 g/mol. The van der Waals surface area contributed by atoms with Crippen LogP contribution >= 0.6 is 0 Å². The number of allylic oxidation sites excluding steroid dienone is 2. The molecule has 0 aliphatic heterocycles. The molecule has 0 radical (unpaired) electrons. The highest BCUT2D eigenvalue weighted by Gasteiger charge is 2.58. The van der Waals surface area contributed by atoms with Gasteiger partial charge in [-0.2, -0.15) is 0 Å². The lowest BCUT2D eigenvalue weighted by Gasteiger charge is -2.56. The fourth-order valence-electron chi connectivity index (χ4n) is 8.00. The minimum Gasteiger partial charge on any atom is -0.393 e. The topological polar surface area (TPSA) is 20.2 Å². The Kier molecular flexibility index (Phi) is 5.47. The van der Waals surface area contributed by atoms with Crippen LogP contribution in [0.25, 0.3) is 0 Å². The van der Waals surface area contributed by atoms with E-state index in [0.29, 0.717) is 10.8 Å². The van der Waals surface area contributed by atoms with Crippen LogP contribution in [0.3, 0.4) is 0 Å². The van der Waals surface area contributed by atoms with Gasteiger partial charge in [0, 0.05) is 6.42 Å². The van der Waals surface area contributed by atoms with Crippen LogP contribution in [0.4, 0.5) is 0 Å². The molecule has 0 saturated heterocycles. The van der Waals surface area contributed by atoms with E-state index < -0.39 is 0 Å². The van der Waals surface area contributed by atoms with Crippen LogP contribution in [0.15, 0.2) is 29.0 Å². The second-order valence-electron chi connectivity index (χ2n) is 11.5. The zero-order valence-electron chi connectivity index (χ0n) is 18.9. The molecule has 4 aliphatic rings. The SMILES string of the molecule is CC(C)=CCC[C@@H](C)[C@H]1CC[C@H]2[C@@H]3C=C=C4C[C@@H](O)CC[C@]4(C)[C@H]3CC[C@]12C. The Balaban J connectivity index is 1.55. The summed E-state index contributed by atoms with van der Waals surface area (Å²) in [4.78, 5) is 0. The summed E-state index contributed by atoms with van der Waals surface area (Å²) in [6.07, 6.45) is 16.0. The first-order valence-electron chi connectivity index (χ1n) is 12.0. The molecule has 28 heavy (non-hydrogen) atoms. The Morgan fingerprint density at radius 3 is 2.71 bits per heavy atom. The number of rotatable bonds is 4. The van der Waals surface area contributed by atoms with Gasteiger partial charge in [-0.3, -0.25) is 0 Å². The van der Waals surface area contributed by atoms with Gasteiger partial charge in [0.1, 0.15) is 0 Å². The van der Waals surface area contributed by atoms with Crippen molar-refractivity contribution < 1.29 is 5.11 Å². The van der Waals surface area contributed by atoms with E-state index in [2.05, 4.69) is 52.5 Å². The van der Waals surface area contributed by atoms with E-state index >= 15 is 0 Å². The van der Waals surface area contributed by atoms with Crippen molar-refractivity contribution in [3.05, 3.63) is 29.0 Å². The minimum absolute atomic E-state index is 0.133. The van der Waals surface area contributed by atoms with Gasteiger partial charge in [-0.15, -0.1) is 5.73 Å². The Morgan fingerprint density at radius 2 is 1.96 bits per heavy atom. The third-order valence-electron chi connectivity index (χ3n) is 9.66. The molecule has 8 atom stereocenters. The van der Waals surface area contributed by atoms with Gasteiger partial charge < -0.3 is 5.11 Å². The molecule has 0 spiro atoms. The van der Waals surface area contributed by atoms with Crippen LogP contribution in [0, 0.1) is 40.4 Å². The van der Waals surface area contributed by atoms with Gasteiger partial charge in [0.2, 0.25) is 0 Å². The highest BCUT2D eigenvalue weighted by Crippen LogP contribution is 2.66. The van der Waals surface area contributed by atoms with Gasteiger partial charge in [-0.25, -0.2) is 0 Å². The van der Waals surface area contributed by atoms with Gasteiger partial charge >= 0.3 is 0 Å². The van der Waals surface area contributed by atoms with Gasteiger partial charge in [-0.1, -0.05) is 32.4 Å². The van der Waals surface area contributed by atoms with Crippen molar-refractivity contribution in [2.45, 2.75) is 98.5 Å². The van der Waals surface area contributed by atoms with E-state index in [1.807, 2.05) is 0 Å². The first-order valence-corrected chi connectivity index (χ1v) is 12.0. The van der Waals surface area contributed by atoms with Crippen molar-refractivity contribution in [2.75, 3.05) is 0 Å². The molecule has 0 amide bonds. The van der Waals surface area contributed by atoms with E-state index in [0.717, 1.165) is 48.9 Å². The molecular weight excluding hydrogens is 340 g/mol. The summed E-state index contributed by atoms with van der Waals surface area (Å²) in [6.45, 7) is 12.1. The lowest BCUT2D eigenvalue weighted by atomic mass is 9.48. The maximum Gasteiger partial charge on any atom is 0.0584 e. The van der Waals surface area contributed by atoms with Crippen LogP contribution in [0.2, 0.25) is 0 Å². The highest BCUT2D eigenvalue weighted by molar-refractivity contribution is 5.26. The molecule has 3 fully saturated rings. The first kappa shape index (κ1) is 20.5. The van der Waals surface area contributed by atoms with Crippen molar-refractivity contribution in [1.82, 2.24) is 0 Å². The molecule has 4 rings (SSSR count). The first-order chi connectivity index (χ1) is 13.3. The molecule has 156 valence electrons. The van der Waals surface area contributed by atoms with E-state index in [1.165, 1.54) is 49.7 Å². The number of hydrogen-bond donors (Lipinski definition) is 1. The van der Waals surface area contributed by atoms with Gasteiger partial charge in [-0.05, 0) is 117 Å². The Labute approximate surface area is 173 Å². The van der Waals surface area contributed by atoms with Gasteiger partial charge in [0.15, 0.2) is 0 Å². The average Bonchev–Trinajstić information content (AvgIpc) is 2.99. The Bertz CT molecular complexity index is 691. The third kappa shape index (κ3) is 3.27. The van der Waals surface area contributed by atoms with E-state index in [1.54, 1.807) is 0 Å². The van der Waals surface area contributed by atoms with Crippen LogP contribution in [-0.2, 0) is 0 Å². The van der Waals surface area contributed by atoms with Crippen molar-refractivity contribution in [3.8, 4) is 0 Å². The molecule has 1 heteroatoms. The summed E-state index contributed by atoms with van der Waals surface area (Å²) in [5.41, 5.74) is 7.45. The smallest absolute Gasteiger partial charge is 0.0584 e. The molecule has 0 aromatic rings. The summed E-state index contributed by atoms with van der Waals surface area (Å²) < 4.78 is 0. The normalized spacial score (nSPS) is 45.5. The molecule has 4 aliphatic carbocycles. The van der Waals surface area contributed by atoms with Crippen LogP contribution in [0.5, 0.6) is 0 Å². The van der Waals surface area contributed by atoms with E-state index in [9.17, 15) is 5.11 Å². The molecule has 0 aromatic heterocycles. The predicted molar refractivity (Wildman–Crippen MR) is 118 cm³/mol. The second kappa shape index (κ2) is 7.48. The summed E-state index contributed by atoms with van der Waals surface area (Å²) in [5, 5.41) is 10.2. The van der Waals surface area contributed by atoms with Gasteiger partial charge in [0.05, 0.1) is 6.10 Å². The molecule has 0 unspecified atom stereocenters. The predicted octanol–water partition coefficient (Wildman–Crippen LogP) is 7.07. The third-order valence-corrected chi connectivity index (χ3v) is 9.66. The average molecular weight is 383 g/mol. The quantitative estimate of drug-likeness (QED) is 0.407. The molecule has 1 N–H and O–H groups in total. The number of fused-ring (bicyclic) bond motifs is 5. The largest absolute Gasteiger partial charge is 0.393 e. The Morgan fingerprint density at radius 1 is 1.18 bits per heavy atom. The molecular formula is C27H42O. The number of hydrogen-bond acceptors (Lipinski definition) is 1. The molecule has 0 aromatic carbocycles. The lowest BCUT2D eigenvalue weighted by Crippen LogP contribution is -2.49. The standard InChI is InChI=1S/C27H42O/c1-18(2)7-6-8-19(3)23-11-12-24-22-10-9-20-17-21(28)13-15-26(20,4)25(22)14-16-27(23,24)5/h7,10,19,21-25,28H,6,8,11-17H2,1-5H3/t19-,21+,22+,23-,24+,25+,26+,27-/m1/s1. The van der Waals surface area contributed by atoms with Crippen molar-refractivity contribution in [2.24, 2.45) is 40.4 Å². The van der Waals surface area contributed by atoms with Crippen LogP contribution < -0.4 is 0 Å². The fourth-order valence-corrected chi connectivity index (χ4v) is 8.00. The summed E-state index contributed by atoms with van der Waals surface area (Å²) in [6, 6.07) is 0. The summed E-state index contributed by atoms with van der Waals surface area (Å²) in [5.74, 6) is 4.08. The van der Waals surface area contributed by atoms with Crippen molar-refractivity contribution in [3.63, 3.8) is 0 Å². The van der Waals surface area contributed by atoms with Crippen LogP contribution in [0.1, 0.15) is 92.4 Å². The number of aliphatic hydroxyl groups is 1. The zero-order chi connectivity index (χ0) is 20.1. The Hall–Kier alpha value is -0.780. The van der Waals surface area contributed by atoms with Gasteiger partial charge in [0.25, 0.3) is 0 Å². The van der Waals surface area contributed by atoms with E-state index in [-0.39, 0.29) is 6.10 Å². The molecule has 1 nitrogen and oxygen atoms in total. The molecule has 3 saturated carbocycles.